The third-order valence-electron chi connectivity index (χ3n) is 5.31. The molecule has 0 radical (unpaired) electrons. The van der Waals surface area contributed by atoms with Crippen LogP contribution in [0.2, 0.25) is 0 Å². The Morgan fingerprint density at radius 3 is 2.41 bits per heavy atom. The van der Waals surface area contributed by atoms with Crippen molar-refractivity contribution in [3.05, 3.63) is 113 Å². The fourth-order valence-electron chi connectivity index (χ4n) is 3.71. The number of rotatable bonds is 5. The van der Waals surface area contributed by atoms with E-state index in [1.54, 1.807) is 24.5 Å². The summed E-state index contributed by atoms with van der Waals surface area (Å²) in [5.41, 5.74) is 5.28. The van der Waals surface area contributed by atoms with Crippen LogP contribution in [0, 0.1) is 18.3 Å². The van der Waals surface area contributed by atoms with E-state index in [9.17, 15) is 13.2 Å². The maximum absolute atomic E-state index is 13.0. The minimum atomic E-state index is -4.36. The minimum absolute atomic E-state index is 0.552. The minimum Gasteiger partial charge on any atom is -0.333 e. The van der Waals surface area contributed by atoms with Gasteiger partial charge in [-0.15, -0.1) is 0 Å². The molecule has 0 unspecified atom stereocenters. The SMILES string of the molecule is Cc1cc(Cn2cnc(Cc3ccc(C#N)cc3)c2)ccc1-c1cccc(C(F)(F)F)c1. The van der Waals surface area contributed by atoms with Gasteiger partial charge in [0, 0.05) is 19.2 Å². The van der Waals surface area contributed by atoms with Gasteiger partial charge >= 0.3 is 6.18 Å². The van der Waals surface area contributed by atoms with Gasteiger partial charge in [-0.25, -0.2) is 4.98 Å². The van der Waals surface area contributed by atoms with Crippen LogP contribution >= 0.6 is 0 Å². The zero-order valence-electron chi connectivity index (χ0n) is 17.4. The molecule has 0 saturated heterocycles. The van der Waals surface area contributed by atoms with Crippen molar-refractivity contribution < 1.29 is 13.2 Å². The lowest BCUT2D eigenvalue weighted by Gasteiger charge is -2.12. The third-order valence-corrected chi connectivity index (χ3v) is 5.31. The number of imidazole rings is 1. The molecule has 4 rings (SSSR count). The molecular formula is C26H20F3N3. The first-order valence-corrected chi connectivity index (χ1v) is 10.1. The van der Waals surface area contributed by atoms with Crippen LogP contribution in [0.4, 0.5) is 13.2 Å². The Labute approximate surface area is 184 Å². The molecule has 0 aliphatic rings. The Balaban J connectivity index is 1.48. The molecule has 0 saturated carbocycles. The van der Waals surface area contributed by atoms with Crippen LogP contribution in [0.15, 0.2) is 79.3 Å². The van der Waals surface area contributed by atoms with Crippen molar-refractivity contribution in [1.82, 2.24) is 9.55 Å². The molecule has 6 heteroatoms. The van der Waals surface area contributed by atoms with Crippen LogP contribution in [-0.4, -0.2) is 9.55 Å². The Morgan fingerprint density at radius 1 is 0.969 bits per heavy atom. The number of hydrogen-bond acceptors (Lipinski definition) is 2. The zero-order valence-corrected chi connectivity index (χ0v) is 17.4. The first-order valence-electron chi connectivity index (χ1n) is 10.1. The Morgan fingerprint density at radius 2 is 1.72 bits per heavy atom. The highest BCUT2D eigenvalue weighted by Crippen LogP contribution is 2.33. The fraction of sp³-hybridized carbons (Fsp3) is 0.154. The van der Waals surface area contributed by atoms with E-state index in [1.165, 1.54) is 12.1 Å². The molecule has 3 aromatic carbocycles. The first kappa shape index (κ1) is 21.4. The molecule has 0 atom stereocenters. The van der Waals surface area contributed by atoms with Gasteiger partial charge in [-0.05, 0) is 59.0 Å². The first-order chi connectivity index (χ1) is 15.3. The summed E-state index contributed by atoms with van der Waals surface area (Å²) in [6.07, 6.45) is 0.0657. The third kappa shape index (κ3) is 4.89. The summed E-state index contributed by atoms with van der Waals surface area (Å²) < 4.78 is 41.1. The lowest BCUT2D eigenvalue weighted by Crippen LogP contribution is -2.04. The van der Waals surface area contributed by atoms with Crippen LogP contribution in [0.3, 0.4) is 0 Å². The lowest BCUT2D eigenvalue weighted by atomic mass is 9.97. The van der Waals surface area contributed by atoms with Crippen LogP contribution in [-0.2, 0) is 19.1 Å². The molecule has 3 nitrogen and oxygen atoms in total. The highest BCUT2D eigenvalue weighted by atomic mass is 19.4. The number of benzene rings is 3. The number of alkyl halides is 3. The van der Waals surface area contributed by atoms with Gasteiger partial charge in [0.1, 0.15) is 0 Å². The summed E-state index contributed by atoms with van der Waals surface area (Å²) in [5.74, 6) is 0. The van der Waals surface area contributed by atoms with Crippen molar-refractivity contribution in [2.24, 2.45) is 0 Å². The molecule has 0 fully saturated rings. The van der Waals surface area contributed by atoms with Crippen LogP contribution < -0.4 is 0 Å². The van der Waals surface area contributed by atoms with Gasteiger partial charge in [0.2, 0.25) is 0 Å². The Kier molecular flexibility index (Phi) is 5.83. The second-order valence-corrected chi connectivity index (χ2v) is 7.75. The van der Waals surface area contributed by atoms with E-state index in [-0.39, 0.29) is 0 Å². The fourth-order valence-corrected chi connectivity index (χ4v) is 3.71. The maximum Gasteiger partial charge on any atom is 0.416 e. The molecule has 160 valence electrons. The summed E-state index contributed by atoms with van der Waals surface area (Å²) in [6, 6.07) is 20.7. The van der Waals surface area contributed by atoms with Crippen molar-refractivity contribution in [2.75, 3.05) is 0 Å². The van der Waals surface area contributed by atoms with Crippen molar-refractivity contribution in [3.63, 3.8) is 0 Å². The topological polar surface area (TPSA) is 41.6 Å². The molecule has 0 spiro atoms. The van der Waals surface area contributed by atoms with E-state index in [2.05, 4.69) is 11.1 Å². The van der Waals surface area contributed by atoms with Crippen LogP contribution in [0.1, 0.15) is 33.5 Å². The summed E-state index contributed by atoms with van der Waals surface area (Å²) in [5, 5.41) is 8.90. The second-order valence-electron chi connectivity index (χ2n) is 7.75. The highest BCUT2D eigenvalue weighted by molar-refractivity contribution is 5.68. The molecule has 0 aliphatic carbocycles. The van der Waals surface area contributed by atoms with Gasteiger partial charge in [0.25, 0.3) is 0 Å². The van der Waals surface area contributed by atoms with Crippen molar-refractivity contribution in [1.29, 1.82) is 5.26 Å². The van der Waals surface area contributed by atoms with E-state index in [0.717, 1.165) is 34.0 Å². The zero-order chi connectivity index (χ0) is 22.7. The summed E-state index contributed by atoms with van der Waals surface area (Å²) in [4.78, 5) is 4.46. The lowest BCUT2D eigenvalue weighted by molar-refractivity contribution is -0.137. The number of aryl methyl sites for hydroxylation is 1. The van der Waals surface area contributed by atoms with Gasteiger partial charge in [0.15, 0.2) is 0 Å². The smallest absolute Gasteiger partial charge is 0.333 e. The predicted octanol–water partition coefficient (Wildman–Crippen LogP) is 6.39. The number of halogens is 3. The van der Waals surface area contributed by atoms with Gasteiger partial charge in [-0.3, -0.25) is 0 Å². The molecular weight excluding hydrogens is 411 g/mol. The van der Waals surface area contributed by atoms with Gasteiger partial charge in [-0.2, -0.15) is 18.4 Å². The van der Waals surface area contributed by atoms with Crippen molar-refractivity contribution in [2.45, 2.75) is 26.1 Å². The van der Waals surface area contributed by atoms with Crippen molar-refractivity contribution >= 4 is 0 Å². The van der Waals surface area contributed by atoms with Gasteiger partial charge < -0.3 is 4.57 Å². The second kappa shape index (κ2) is 8.72. The quantitative estimate of drug-likeness (QED) is 0.368. The van der Waals surface area contributed by atoms with Gasteiger partial charge in [0.05, 0.1) is 29.2 Å². The number of nitrogens with zero attached hydrogens (tertiary/aromatic N) is 3. The van der Waals surface area contributed by atoms with Crippen LogP contribution in [0.25, 0.3) is 11.1 Å². The number of nitriles is 1. The molecule has 0 N–H and O–H groups in total. The molecule has 4 aromatic rings. The Hall–Kier alpha value is -3.85. The molecule has 1 aromatic heterocycles. The average molecular weight is 431 g/mol. The standard InChI is InChI=1S/C26H20F3N3/c1-18-11-21(9-10-25(18)22-3-2-4-23(13-22)26(27,28)29)15-32-16-24(31-17-32)12-19-5-7-20(14-30)8-6-19/h2-11,13,16-17H,12,15H2,1H3. The van der Waals surface area contributed by atoms with E-state index in [1.807, 2.05) is 48.0 Å². The molecule has 0 amide bonds. The largest absolute Gasteiger partial charge is 0.416 e. The van der Waals surface area contributed by atoms with E-state index in [0.29, 0.717) is 24.1 Å². The summed E-state index contributed by atoms with van der Waals surface area (Å²) in [7, 11) is 0. The highest BCUT2D eigenvalue weighted by Gasteiger charge is 2.30. The maximum atomic E-state index is 13.0. The number of aromatic nitrogens is 2. The van der Waals surface area contributed by atoms with E-state index in [4.69, 9.17) is 5.26 Å². The molecule has 0 aliphatic heterocycles. The van der Waals surface area contributed by atoms with Gasteiger partial charge in [-0.1, -0.05) is 42.5 Å². The molecule has 1 heterocycles. The molecule has 0 bridgehead atoms. The molecule has 32 heavy (non-hydrogen) atoms. The van der Waals surface area contributed by atoms with E-state index >= 15 is 0 Å². The predicted molar refractivity (Wildman–Crippen MR) is 117 cm³/mol. The van der Waals surface area contributed by atoms with E-state index < -0.39 is 11.7 Å². The summed E-state index contributed by atoms with van der Waals surface area (Å²) in [6.45, 7) is 2.52. The van der Waals surface area contributed by atoms with Crippen molar-refractivity contribution in [3.8, 4) is 17.2 Å². The normalized spacial score (nSPS) is 11.3. The summed E-state index contributed by atoms with van der Waals surface area (Å²) >= 11 is 0. The average Bonchev–Trinajstić information content (AvgIpc) is 3.20. The number of hydrogen-bond donors (Lipinski definition) is 0. The Bertz CT molecular complexity index is 1280. The van der Waals surface area contributed by atoms with Crippen LogP contribution in [0.5, 0.6) is 0 Å². The monoisotopic (exact) mass is 431 g/mol.